The van der Waals surface area contributed by atoms with E-state index in [2.05, 4.69) is 45.5 Å². The predicted octanol–water partition coefficient (Wildman–Crippen LogP) is 3.34. The van der Waals surface area contributed by atoms with Gasteiger partial charge in [-0.25, -0.2) is 0 Å². The lowest BCUT2D eigenvalue weighted by Gasteiger charge is -2.22. The van der Waals surface area contributed by atoms with Crippen LogP contribution in [0.15, 0.2) is 28.7 Å². The summed E-state index contributed by atoms with van der Waals surface area (Å²) in [6.07, 6.45) is 2.55. The van der Waals surface area contributed by atoms with Crippen LogP contribution in [-0.4, -0.2) is 13.1 Å². The molecule has 0 aliphatic carbocycles. The first-order chi connectivity index (χ1) is 6.36. The first kappa shape index (κ1) is 12.0. The maximum atomic E-state index is 3.51. The topological polar surface area (TPSA) is 12.0 Å². The van der Waals surface area contributed by atoms with Gasteiger partial charge in [-0.15, -0.1) is 12.4 Å². The average molecular weight is 277 g/mol. The second kappa shape index (κ2) is 5.74. The van der Waals surface area contributed by atoms with Gasteiger partial charge in [-0.05, 0) is 49.5 Å². The summed E-state index contributed by atoms with van der Waals surface area (Å²) in [4.78, 5) is 0. The molecule has 14 heavy (non-hydrogen) atoms. The van der Waals surface area contributed by atoms with Crippen molar-refractivity contribution in [1.82, 2.24) is 5.32 Å². The molecule has 0 aromatic heterocycles. The largest absolute Gasteiger partial charge is 0.317 e. The number of nitrogens with one attached hydrogen (secondary N) is 1. The third-order valence-corrected chi connectivity index (χ3v) is 3.15. The Morgan fingerprint density at radius 2 is 1.93 bits per heavy atom. The highest BCUT2D eigenvalue weighted by atomic mass is 79.9. The van der Waals surface area contributed by atoms with Crippen molar-refractivity contribution in [2.45, 2.75) is 18.8 Å². The molecule has 1 saturated heterocycles. The average Bonchev–Trinajstić information content (AvgIpc) is 2.19. The van der Waals surface area contributed by atoms with Crippen molar-refractivity contribution >= 4 is 28.3 Å². The summed E-state index contributed by atoms with van der Waals surface area (Å²) in [7, 11) is 0. The fourth-order valence-corrected chi connectivity index (χ4v) is 2.33. The van der Waals surface area contributed by atoms with Crippen LogP contribution >= 0.6 is 28.3 Å². The van der Waals surface area contributed by atoms with Crippen molar-refractivity contribution in [2.75, 3.05) is 13.1 Å². The minimum Gasteiger partial charge on any atom is -0.317 e. The molecule has 1 aromatic carbocycles. The number of benzene rings is 1. The normalized spacial score (nSPS) is 17.5. The summed E-state index contributed by atoms with van der Waals surface area (Å²) in [5.41, 5.74) is 1.48. The van der Waals surface area contributed by atoms with Crippen LogP contribution in [0.4, 0.5) is 0 Å². The molecule has 1 nitrogen and oxygen atoms in total. The zero-order chi connectivity index (χ0) is 9.10. The molecular formula is C11H15BrClN. The number of hydrogen-bond acceptors (Lipinski definition) is 1. The Kier molecular flexibility index (Phi) is 4.93. The van der Waals surface area contributed by atoms with Crippen molar-refractivity contribution in [3.05, 3.63) is 34.3 Å². The van der Waals surface area contributed by atoms with Crippen molar-refractivity contribution < 1.29 is 0 Å². The van der Waals surface area contributed by atoms with E-state index in [1.807, 2.05) is 0 Å². The van der Waals surface area contributed by atoms with Gasteiger partial charge in [-0.3, -0.25) is 0 Å². The molecule has 1 aromatic rings. The van der Waals surface area contributed by atoms with E-state index in [-0.39, 0.29) is 12.4 Å². The van der Waals surface area contributed by atoms with Gasteiger partial charge < -0.3 is 5.32 Å². The van der Waals surface area contributed by atoms with Gasteiger partial charge in [0.25, 0.3) is 0 Å². The van der Waals surface area contributed by atoms with Gasteiger partial charge in [0.1, 0.15) is 0 Å². The van der Waals surface area contributed by atoms with Crippen LogP contribution in [0.2, 0.25) is 0 Å². The van der Waals surface area contributed by atoms with Crippen LogP contribution in [0, 0.1) is 0 Å². The fraction of sp³-hybridized carbons (Fsp3) is 0.455. The Bertz CT molecular complexity index is 284. The molecule has 78 valence electrons. The van der Waals surface area contributed by atoms with Crippen LogP contribution in [0.3, 0.4) is 0 Å². The molecule has 0 unspecified atom stereocenters. The van der Waals surface area contributed by atoms with Crippen molar-refractivity contribution in [2.24, 2.45) is 0 Å². The van der Waals surface area contributed by atoms with Crippen LogP contribution in [0.5, 0.6) is 0 Å². The SMILES string of the molecule is Brc1cccc(C2CCNCC2)c1.Cl. The van der Waals surface area contributed by atoms with Gasteiger partial charge in [-0.1, -0.05) is 28.1 Å². The molecule has 0 radical (unpaired) electrons. The third-order valence-electron chi connectivity index (χ3n) is 2.66. The molecule has 1 aliphatic heterocycles. The second-order valence-electron chi connectivity index (χ2n) is 3.58. The maximum absolute atomic E-state index is 3.51. The minimum absolute atomic E-state index is 0. The van der Waals surface area contributed by atoms with Crippen LogP contribution in [0.1, 0.15) is 24.3 Å². The van der Waals surface area contributed by atoms with Crippen LogP contribution < -0.4 is 5.32 Å². The summed E-state index contributed by atoms with van der Waals surface area (Å²) in [6.45, 7) is 2.33. The highest BCUT2D eigenvalue weighted by molar-refractivity contribution is 9.10. The third kappa shape index (κ3) is 2.97. The molecule has 1 heterocycles. The monoisotopic (exact) mass is 275 g/mol. The Balaban J connectivity index is 0.000000980. The lowest BCUT2D eigenvalue weighted by molar-refractivity contribution is 0.460. The molecule has 0 amide bonds. The summed E-state index contributed by atoms with van der Waals surface area (Å²) in [5.74, 6) is 0.763. The lowest BCUT2D eigenvalue weighted by Crippen LogP contribution is -2.26. The second-order valence-corrected chi connectivity index (χ2v) is 4.49. The minimum atomic E-state index is 0. The van der Waals surface area contributed by atoms with Gasteiger partial charge in [0.2, 0.25) is 0 Å². The van der Waals surface area contributed by atoms with E-state index in [1.54, 1.807) is 0 Å². The van der Waals surface area contributed by atoms with Crippen LogP contribution in [0.25, 0.3) is 0 Å². The summed E-state index contributed by atoms with van der Waals surface area (Å²) in [5, 5.41) is 3.39. The maximum Gasteiger partial charge on any atom is 0.0178 e. The Labute approximate surface area is 99.8 Å². The van der Waals surface area contributed by atoms with Crippen molar-refractivity contribution in [3.8, 4) is 0 Å². The van der Waals surface area contributed by atoms with Crippen molar-refractivity contribution in [1.29, 1.82) is 0 Å². The Hall–Kier alpha value is -0.0500. The molecule has 2 rings (SSSR count). The van der Waals surface area contributed by atoms with Crippen molar-refractivity contribution in [3.63, 3.8) is 0 Å². The number of piperidine rings is 1. The van der Waals surface area contributed by atoms with E-state index in [9.17, 15) is 0 Å². The van der Waals surface area contributed by atoms with Crippen LogP contribution in [-0.2, 0) is 0 Å². The summed E-state index contributed by atoms with van der Waals surface area (Å²) >= 11 is 3.51. The smallest absolute Gasteiger partial charge is 0.0178 e. The number of hydrogen-bond donors (Lipinski definition) is 1. The molecule has 0 atom stereocenters. The molecule has 1 aliphatic rings. The van der Waals surface area contributed by atoms with E-state index >= 15 is 0 Å². The van der Waals surface area contributed by atoms with E-state index < -0.39 is 0 Å². The quantitative estimate of drug-likeness (QED) is 0.829. The number of halogens is 2. The Morgan fingerprint density at radius 1 is 1.21 bits per heavy atom. The molecule has 1 fully saturated rings. The first-order valence-electron chi connectivity index (χ1n) is 4.82. The molecular weight excluding hydrogens is 261 g/mol. The highest BCUT2D eigenvalue weighted by Gasteiger charge is 2.14. The van der Waals surface area contributed by atoms with Gasteiger partial charge in [0.15, 0.2) is 0 Å². The highest BCUT2D eigenvalue weighted by Crippen LogP contribution is 2.26. The lowest BCUT2D eigenvalue weighted by atomic mass is 9.90. The molecule has 0 spiro atoms. The molecule has 3 heteroatoms. The fourth-order valence-electron chi connectivity index (χ4n) is 1.92. The molecule has 1 N–H and O–H groups in total. The number of rotatable bonds is 1. The summed E-state index contributed by atoms with van der Waals surface area (Å²) in [6, 6.07) is 8.70. The summed E-state index contributed by atoms with van der Waals surface area (Å²) < 4.78 is 1.20. The zero-order valence-corrected chi connectivity index (χ0v) is 10.4. The first-order valence-corrected chi connectivity index (χ1v) is 5.62. The van der Waals surface area contributed by atoms with E-state index in [1.165, 1.54) is 22.9 Å². The van der Waals surface area contributed by atoms with Gasteiger partial charge in [0.05, 0.1) is 0 Å². The zero-order valence-electron chi connectivity index (χ0n) is 8.00. The standard InChI is InChI=1S/C11H14BrN.ClH/c12-11-3-1-2-10(8-11)9-4-6-13-7-5-9;/h1-3,8-9,13H,4-7H2;1H. The predicted molar refractivity (Wildman–Crippen MR) is 66.2 cm³/mol. The van der Waals surface area contributed by atoms with E-state index in [4.69, 9.17) is 0 Å². The van der Waals surface area contributed by atoms with E-state index in [0.717, 1.165) is 19.0 Å². The molecule has 0 saturated carbocycles. The van der Waals surface area contributed by atoms with Gasteiger partial charge in [-0.2, -0.15) is 0 Å². The Morgan fingerprint density at radius 3 is 2.57 bits per heavy atom. The van der Waals surface area contributed by atoms with E-state index in [0.29, 0.717) is 0 Å². The van der Waals surface area contributed by atoms with Gasteiger partial charge in [0, 0.05) is 4.47 Å². The molecule has 0 bridgehead atoms. The van der Waals surface area contributed by atoms with Gasteiger partial charge >= 0.3 is 0 Å².